The fourth-order valence-corrected chi connectivity index (χ4v) is 3.58. The van der Waals surface area contributed by atoms with Crippen molar-refractivity contribution in [2.75, 3.05) is 19.6 Å². The highest BCUT2D eigenvalue weighted by atomic mass is 15.2. The quantitative estimate of drug-likeness (QED) is 0.792. The highest BCUT2D eigenvalue weighted by Crippen LogP contribution is 2.35. The van der Waals surface area contributed by atoms with Gasteiger partial charge in [0.25, 0.3) is 0 Å². The van der Waals surface area contributed by atoms with Crippen LogP contribution in [0.1, 0.15) is 46.5 Å². The molecule has 2 nitrogen and oxygen atoms in total. The lowest BCUT2D eigenvalue weighted by Gasteiger charge is -2.38. The molecule has 0 aromatic heterocycles. The summed E-state index contributed by atoms with van der Waals surface area (Å²) in [4.78, 5) is 2.77. The predicted molar refractivity (Wildman–Crippen MR) is 69.6 cm³/mol. The largest absolute Gasteiger partial charge is 0.314 e. The molecule has 1 aliphatic heterocycles. The zero-order valence-corrected chi connectivity index (χ0v) is 11.2. The van der Waals surface area contributed by atoms with E-state index in [-0.39, 0.29) is 0 Å². The molecule has 2 aliphatic rings. The number of hydrogen-bond acceptors (Lipinski definition) is 2. The third-order valence-corrected chi connectivity index (χ3v) is 4.91. The van der Waals surface area contributed by atoms with Gasteiger partial charge in [0.1, 0.15) is 0 Å². The molecule has 0 radical (unpaired) electrons. The minimum Gasteiger partial charge on any atom is -0.314 e. The van der Waals surface area contributed by atoms with E-state index in [2.05, 4.69) is 31.0 Å². The van der Waals surface area contributed by atoms with Gasteiger partial charge in [-0.2, -0.15) is 0 Å². The third kappa shape index (κ3) is 2.60. The topological polar surface area (TPSA) is 15.3 Å². The van der Waals surface area contributed by atoms with Crippen LogP contribution < -0.4 is 5.32 Å². The molecule has 1 saturated heterocycles. The van der Waals surface area contributed by atoms with E-state index < -0.39 is 0 Å². The van der Waals surface area contributed by atoms with E-state index in [1.165, 1.54) is 38.8 Å². The molecule has 2 fully saturated rings. The van der Waals surface area contributed by atoms with E-state index in [1.807, 2.05) is 0 Å². The van der Waals surface area contributed by atoms with Crippen molar-refractivity contribution in [1.82, 2.24) is 10.2 Å². The zero-order valence-electron chi connectivity index (χ0n) is 11.2. The van der Waals surface area contributed by atoms with Crippen LogP contribution in [-0.2, 0) is 0 Å². The molecule has 2 heteroatoms. The molecule has 1 saturated carbocycles. The van der Waals surface area contributed by atoms with Crippen LogP contribution in [0, 0.1) is 11.8 Å². The van der Waals surface area contributed by atoms with Crippen molar-refractivity contribution in [2.24, 2.45) is 11.8 Å². The van der Waals surface area contributed by atoms with Gasteiger partial charge >= 0.3 is 0 Å². The molecule has 1 N–H and O–H groups in total. The summed E-state index contributed by atoms with van der Waals surface area (Å²) >= 11 is 0. The second-order valence-corrected chi connectivity index (χ2v) is 5.85. The molecular weight excluding hydrogens is 196 g/mol. The van der Waals surface area contributed by atoms with Gasteiger partial charge in [0.2, 0.25) is 0 Å². The number of piperidine rings is 1. The normalized spacial score (nSPS) is 38.1. The Labute approximate surface area is 101 Å². The van der Waals surface area contributed by atoms with E-state index in [9.17, 15) is 0 Å². The second-order valence-electron chi connectivity index (χ2n) is 5.85. The first kappa shape index (κ1) is 12.4. The van der Waals surface area contributed by atoms with Crippen LogP contribution in [0.2, 0.25) is 0 Å². The molecule has 16 heavy (non-hydrogen) atoms. The van der Waals surface area contributed by atoms with Crippen LogP contribution in [0.15, 0.2) is 0 Å². The lowest BCUT2D eigenvalue weighted by Crippen LogP contribution is -2.47. The summed E-state index contributed by atoms with van der Waals surface area (Å²) in [5.74, 6) is 1.85. The Morgan fingerprint density at radius 2 is 1.75 bits per heavy atom. The van der Waals surface area contributed by atoms with Crippen molar-refractivity contribution >= 4 is 0 Å². The Morgan fingerprint density at radius 3 is 2.25 bits per heavy atom. The van der Waals surface area contributed by atoms with Crippen molar-refractivity contribution in [3.8, 4) is 0 Å². The average Bonchev–Trinajstić information content (AvgIpc) is 2.62. The first-order valence-electron chi connectivity index (χ1n) is 7.19. The first-order valence-corrected chi connectivity index (χ1v) is 7.19. The van der Waals surface area contributed by atoms with Crippen molar-refractivity contribution in [3.63, 3.8) is 0 Å². The molecule has 3 atom stereocenters. The van der Waals surface area contributed by atoms with E-state index in [1.54, 1.807) is 0 Å². The summed E-state index contributed by atoms with van der Waals surface area (Å²) in [6.45, 7) is 10.9. The molecule has 94 valence electrons. The lowest BCUT2D eigenvalue weighted by atomic mass is 9.94. The minimum absolute atomic E-state index is 0.787. The Bertz CT molecular complexity index is 209. The Kier molecular flexibility index (Phi) is 4.26. The number of likely N-dealkylation sites (tertiary alicyclic amines) is 1. The molecule has 0 aromatic carbocycles. The van der Waals surface area contributed by atoms with Gasteiger partial charge in [-0.05, 0) is 57.2 Å². The van der Waals surface area contributed by atoms with Gasteiger partial charge < -0.3 is 5.32 Å². The second kappa shape index (κ2) is 5.50. The summed E-state index contributed by atoms with van der Waals surface area (Å²) in [6.07, 6.45) is 5.59. The fraction of sp³-hybridized carbons (Fsp3) is 1.00. The zero-order chi connectivity index (χ0) is 11.5. The van der Waals surface area contributed by atoms with E-state index >= 15 is 0 Å². The summed E-state index contributed by atoms with van der Waals surface area (Å²) in [7, 11) is 0. The summed E-state index contributed by atoms with van der Waals surface area (Å²) in [5.41, 5.74) is 0. The van der Waals surface area contributed by atoms with Gasteiger partial charge in [0.05, 0.1) is 0 Å². The van der Waals surface area contributed by atoms with Crippen molar-refractivity contribution in [2.45, 2.75) is 58.5 Å². The fourth-order valence-electron chi connectivity index (χ4n) is 3.58. The van der Waals surface area contributed by atoms with Crippen molar-refractivity contribution in [1.29, 1.82) is 0 Å². The van der Waals surface area contributed by atoms with Gasteiger partial charge in [-0.25, -0.2) is 0 Å². The molecule has 1 heterocycles. The van der Waals surface area contributed by atoms with Gasteiger partial charge in [-0.1, -0.05) is 20.8 Å². The highest BCUT2D eigenvalue weighted by Gasteiger charge is 2.35. The van der Waals surface area contributed by atoms with Gasteiger partial charge in [0, 0.05) is 12.1 Å². The van der Waals surface area contributed by atoms with E-state index in [4.69, 9.17) is 0 Å². The minimum atomic E-state index is 0.787. The van der Waals surface area contributed by atoms with Crippen LogP contribution >= 0.6 is 0 Å². The highest BCUT2D eigenvalue weighted by molar-refractivity contribution is 4.89. The maximum Gasteiger partial charge on any atom is 0.0123 e. The molecule has 2 rings (SSSR count). The SMILES string of the molecule is CCNC1CCN(C2CCC(C)C2C)CC1. The number of nitrogens with zero attached hydrogens (tertiary/aromatic N) is 1. The molecular formula is C14H28N2. The maximum absolute atomic E-state index is 3.59. The maximum atomic E-state index is 3.59. The monoisotopic (exact) mass is 224 g/mol. The average molecular weight is 224 g/mol. The standard InChI is InChI=1S/C14H28N2/c1-4-15-13-7-9-16(10-8-13)14-6-5-11(2)12(14)3/h11-15H,4-10H2,1-3H3. The van der Waals surface area contributed by atoms with Crippen LogP contribution in [0.25, 0.3) is 0 Å². The third-order valence-electron chi connectivity index (χ3n) is 4.91. The molecule has 3 unspecified atom stereocenters. The van der Waals surface area contributed by atoms with Crippen LogP contribution in [-0.4, -0.2) is 36.6 Å². The van der Waals surface area contributed by atoms with Crippen LogP contribution in [0.5, 0.6) is 0 Å². The van der Waals surface area contributed by atoms with Gasteiger partial charge in [0.15, 0.2) is 0 Å². The van der Waals surface area contributed by atoms with Crippen molar-refractivity contribution < 1.29 is 0 Å². The Morgan fingerprint density at radius 1 is 1.06 bits per heavy atom. The first-order chi connectivity index (χ1) is 7.72. The van der Waals surface area contributed by atoms with E-state index in [0.717, 1.165) is 30.5 Å². The van der Waals surface area contributed by atoms with Gasteiger partial charge in [-0.15, -0.1) is 0 Å². The molecule has 0 spiro atoms. The number of rotatable bonds is 3. The predicted octanol–water partition coefficient (Wildman–Crippen LogP) is 2.49. The Hall–Kier alpha value is -0.0800. The summed E-state index contributed by atoms with van der Waals surface area (Å²) in [5, 5.41) is 3.59. The summed E-state index contributed by atoms with van der Waals surface area (Å²) < 4.78 is 0. The molecule has 0 bridgehead atoms. The Balaban J connectivity index is 1.80. The lowest BCUT2D eigenvalue weighted by molar-refractivity contribution is 0.116. The summed E-state index contributed by atoms with van der Waals surface area (Å²) in [6, 6.07) is 1.67. The van der Waals surface area contributed by atoms with Gasteiger partial charge in [-0.3, -0.25) is 4.90 Å². The molecule has 0 aromatic rings. The number of hydrogen-bond donors (Lipinski definition) is 1. The molecule has 0 amide bonds. The van der Waals surface area contributed by atoms with Crippen LogP contribution in [0.3, 0.4) is 0 Å². The molecule has 1 aliphatic carbocycles. The van der Waals surface area contributed by atoms with Crippen molar-refractivity contribution in [3.05, 3.63) is 0 Å². The van der Waals surface area contributed by atoms with E-state index in [0.29, 0.717) is 0 Å². The number of nitrogens with one attached hydrogen (secondary N) is 1. The smallest absolute Gasteiger partial charge is 0.0123 e. The van der Waals surface area contributed by atoms with Crippen LogP contribution in [0.4, 0.5) is 0 Å².